The molecule has 0 bridgehead atoms. The van der Waals surface area contributed by atoms with E-state index in [0.717, 1.165) is 17.1 Å². The van der Waals surface area contributed by atoms with Crippen molar-refractivity contribution in [3.05, 3.63) is 114 Å². The largest absolute Gasteiger partial charge is 0.311 e. The molecular weight excluding hydrogens is 386 g/mol. The van der Waals surface area contributed by atoms with Crippen molar-refractivity contribution in [3.8, 4) is 11.1 Å². The zero-order chi connectivity index (χ0) is 23.1. The van der Waals surface area contributed by atoms with Gasteiger partial charge in [-0.05, 0) is 65.4 Å². The van der Waals surface area contributed by atoms with Crippen LogP contribution in [0, 0.1) is 6.92 Å². The Morgan fingerprint density at radius 1 is 0.500 bits per heavy atom. The van der Waals surface area contributed by atoms with Crippen molar-refractivity contribution in [1.29, 1.82) is 0 Å². The van der Waals surface area contributed by atoms with Crippen LogP contribution in [0.3, 0.4) is 0 Å². The van der Waals surface area contributed by atoms with Gasteiger partial charge < -0.3 is 4.90 Å². The molecule has 1 nitrogen and oxygen atoms in total. The Morgan fingerprint density at radius 3 is 1.38 bits per heavy atom. The highest BCUT2D eigenvalue weighted by molar-refractivity contribution is 5.78. The summed E-state index contributed by atoms with van der Waals surface area (Å²) in [5, 5.41) is 0. The first-order chi connectivity index (χ1) is 15.4. The number of para-hydroxylation sites is 1. The van der Waals surface area contributed by atoms with Gasteiger partial charge >= 0.3 is 0 Å². The Balaban J connectivity index is 0.00000141. The first-order valence-corrected chi connectivity index (χ1v) is 11.5. The molecule has 0 heterocycles. The average molecular weight is 422 g/mol. The van der Waals surface area contributed by atoms with Crippen LogP contribution in [0.15, 0.2) is 103 Å². The number of hydrogen-bond donors (Lipinski definition) is 0. The van der Waals surface area contributed by atoms with Gasteiger partial charge in [0.05, 0.1) is 0 Å². The van der Waals surface area contributed by atoms with Gasteiger partial charge in [0.1, 0.15) is 0 Å². The van der Waals surface area contributed by atoms with E-state index in [0.29, 0.717) is 0 Å². The van der Waals surface area contributed by atoms with E-state index in [1.165, 1.54) is 22.3 Å². The van der Waals surface area contributed by atoms with Crippen molar-refractivity contribution in [1.82, 2.24) is 0 Å². The van der Waals surface area contributed by atoms with Crippen LogP contribution in [-0.4, -0.2) is 0 Å². The molecule has 4 aromatic carbocycles. The maximum absolute atomic E-state index is 2.30. The van der Waals surface area contributed by atoms with Gasteiger partial charge in [0.2, 0.25) is 0 Å². The maximum Gasteiger partial charge on any atom is 0.0462 e. The fourth-order valence-electron chi connectivity index (χ4n) is 3.68. The van der Waals surface area contributed by atoms with E-state index in [-0.39, 0.29) is 5.41 Å². The highest BCUT2D eigenvalue weighted by Crippen LogP contribution is 2.35. The molecule has 0 saturated heterocycles. The lowest BCUT2D eigenvalue weighted by Crippen LogP contribution is -2.10. The minimum Gasteiger partial charge on any atom is -0.311 e. The molecule has 0 aliphatic carbocycles. The third-order valence-corrected chi connectivity index (χ3v) is 5.52. The van der Waals surface area contributed by atoms with Crippen molar-refractivity contribution < 1.29 is 0 Å². The summed E-state index contributed by atoms with van der Waals surface area (Å²) < 4.78 is 0. The van der Waals surface area contributed by atoms with Crippen molar-refractivity contribution >= 4 is 17.1 Å². The van der Waals surface area contributed by atoms with Crippen LogP contribution in [0.5, 0.6) is 0 Å². The molecule has 4 rings (SSSR count). The molecule has 0 atom stereocenters. The van der Waals surface area contributed by atoms with E-state index >= 15 is 0 Å². The van der Waals surface area contributed by atoms with Crippen LogP contribution in [0.25, 0.3) is 11.1 Å². The summed E-state index contributed by atoms with van der Waals surface area (Å²) in [6.45, 7) is 12.9. The molecule has 0 N–H and O–H groups in total. The van der Waals surface area contributed by atoms with Crippen LogP contribution in [-0.2, 0) is 5.41 Å². The number of rotatable bonds is 4. The molecule has 0 aromatic heterocycles. The third kappa shape index (κ3) is 5.48. The Bertz CT molecular complexity index is 1080. The summed E-state index contributed by atoms with van der Waals surface area (Å²) in [5.74, 6) is 0. The number of anilines is 3. The number of aryl methyl sites for hydroxylation is 1. The number of nitrogens with zero attached hydrogens (tertiary/aromatic N) is 1. The van der Waals surface area contributed by atoms with Gasteiger partial charge in [-0.25, -0.2) is 0 Å². The quantitative estimate of drug-likeness (QED) is 0.317. The van der Waals surface area contributed by atoms with Crippen molar-refractivity contribution in [2.45, 2.75) is 47.0 Å². The van der Waals surface area contributed by atoms with Crippen LogP contribution in [0.4, 0.5) is 17.1 Å². The highest BCUT2D eigenvalue weighted by Gasteiger charge is 2.14. The molecule has 0 radical (unpaired) electrons. The molecule has 0 aliphatic heterocycles. The maximum atomic E-state index is 2.30. The third-order valence-electron chi connectivity index (χ3n) is 5.52. The van der Waals surface area contributed by atoms with Crippen LogP contribution >= 0.6 is 0 Å². The summed E-state index contributed by atoms with van der Waals surface area (Å²) in [6, 6.07) is 37.0. The minimum absolute atomic E-state index is 0.173. The summed E-state index contributed by atoms with van der Waals surface area (Å²) in [5.41, 5.74) is 8.75. The van der Waals surface area contributed by atoms with E-state index in [1.54, 1.807) is 0 Å². The molecule has 164 valence electrons. The Morgan fingerprint density at radius 2 is 0.906 bits per heavy atom. The predicted molar refractivity (Wildman–Crippen MR) is 141 cm³/mol. The lowest BCUT2D eigenvalue weighted by Gasteiger charge is -2.25. The molecule has 0 fully saturated rings. The Kier molecular flexibility index (Phi) is 7.53. The summed E-state index contributed by atoms with van der Waals surface area (Å²) in [7, 11) is 0. The fraction of sp³-hybridized carbons (Fsp3) is 0.226. The minimum atomic E-state index is 0.173. The molecule has 0 aliphatic rings. The van der Waals surface area contributed by atoms with Crippen molar-refractivity contribution in [3.63, 3.8) is 0 Å². The average Bonchev–Trinajstić information content (AvgIpc) is 2.83. The smallest absolute Gasteiger partial charge is 0.0462 e. The SMILES string of the molecule is CC.Cc1ccc(N(c2ccccc2)c2ccc(-c3ccc(C(C)(C)C)cc3)cc2)cc1. The Hall–Kier alpha value is -3.32. The predicted octanol–water partition coefficient (Wildman–Crippen LogP) is 9.46. The highest BCUT2D eigenvalue weighted by atomic mass is 15.1. The second-order valence-corrected chi connectivity index (χ2v) is 8.88. The van der Waals surface area contributed by atoms with Crippen LogP contribution in [0.2, 0.25) is 0 Å². The normalized spacial score (nSPS) is 10.8. The van der Waals surface area contributed by atoms with E-state index in [4.69, 9.17) is 0 Å². The van der Waals surface area contributed by atoms with Gasteiger partial charge in [-0.2, -0.15) is 0 Å². The van der Waals surface area contributed by atoms with Gasteiger partial charge in [-0.1, -0.05) is 107 Å². The zero-order valence-corrected chi connectivity index (χ0v) is 20.3. The van der Waals surface area contributed by atoms with Crippen molar-refractivity contribution in [2.75, 3.05) is 4.90 Å². The van der Waals surface area contributed by atoms with Crippen LogP contribution < -0.4 is 4.90 Å². The summed E-state index contributed by atoms with van der Waals surface area (Å²) >= 11 is 0. The lowest BCUT2D eigenvalue weighted by atomic mass is 9.86. The molecule has 1 heteroatoms. The number of benzene rings is 4. The standard InChI is InChI=1S/C29H29N.C2H6/c1-22-10-18-27(19-11-22)30(26-8-6-5-7-9-26)28-20-14-24(15-21-28)23-12-16-25(17-13-23)29(2,3)4;1-2/h5-21H,1-4H3;1-2H3. The first-order valence-electron chi connectivity index (χ1n) is 11.5. The molecule has 32 heavy (non-hydrogen) atoms. The van der Waals surface area contributed by atoms with E-state index < -0.39 is 0 Å². The summed E-state index contributed by atoms with van der Waals surface area (Å²) in [6.07, 6.45) is 0. The lowest BCUT2D eigenvalue weighted by molar-refractivity contribution is 0.590. The van der Waals surface area contributed by atoms with E-state index in [2.05, 4.69) is 136 Å². The molecule has 0 saturated carbocycles. The van der Waals surface area contributed by atoms with Gasteiger partial charge in [0.25, 0.3) is 0 Å². The topological polar surface area (TPSA) is 3.24 Å². The van der Waals surface area contributed by atoms with Gasteiger partial charge in [-0.15, -0.1) is 0 Å². The summed E-state index contributed by atoms with van der Waals surface area (Å²) in [4.78, 5) is 2.30. The molecule has 0 unspecified atom stereocenters. The zero-order valence-electron chi connectivity index (χ0n) is 20.3. The molecule has 0 spiro atoms. The number of hydrogen-bond acceptors (Lipinski definition) is 1. The first kappa shape index (κ1) is 23.3. The monoisotopic (exact) mass is 421 g/mol. The molecule has 0 amide bonds. The second-order valence-electron chi connectivity index (χ2n) is 8.88. The molecule has 4 aromatic rings. The second kappa shape index (κ2) is 10.3. The van der Waals surface area contributed by atoms with Crippen molar-refractivity contribution in [2.24, 2.45) is 0 Å². The Labute approximate surface area is 194 Å². The van der Waals surface area contributed by atoms with Gasteiger partial charge in [0.15, 0.2) is 0 Å². The molecular formula is C31H35N. The van der Waals surface area contributed by atoms with Crippen LogP contribution in [0.1, 0.15) is 45.7 Å². The van der Waals surface area contributed by atoms with Gasteiger partial charge in [0, 0.05) is 17.1 Å². The fourth-order valence-corrected chi connectivity index (χ4v) is 3.68. The van der Waals surface area contributed by atoms with Gasteiger partial charge in [-0.3, -0.25) is 0 Å². The van der Waals surface area contributed by atoms with E-state index in [1.807, 2.05) is 13.8 Å². The van der Waals surface area contributed by atoms with E-state index in [9.17, 15) is 0 Å².